The molecule has 2 aromatic carbocycles. The molecule has 2 N–H and O–H groups in total. The molecule has 3 heterocycles. The third kappa shape index (κ3) is 3.59. The molecule has 0 bridgehead atoms. The standard InChI is InChI=1S/C23H25N5O3/c1-26-13-14-28(23(26)30)17-7-5-16(6-8-17)18-3-2-4-19(22(18)29)20-15-21(25-31-20)27-11-9-24-10-12-27/h2-8,15,24,29H,9-14H2,1H3. The predicted molar refractivity (Wildman–Crippen MR) is 119 cm³/mol. The lowest BCUT2D eigenvalue weighted by Gasteiger charge is -2.26. The molecule has 8 nitrogen and oxygen atoms in total. The van der Waals surface area contributed by atoms with Crippen LogP contribution in [0.4, 0.5) is 16.3 Å². The first-order valence-corrected chi connectivity index (χ1v) is 10.5. The molecule has 31 heavy (non-hydrogen) atoms. The monoisotopic (exact) mass is 419 g/mol. The van der Waals surface area contributed by atoms with Gasteiger partial charge in [0.1, 0.15) is 5.75 Å². The van der Waals surface area contributed by atoms with E-state index < -0.39 is 0 Å². The van der Waals surface area contributed by atoms with Gasteiger partial charge in [0.25, 0.3) is 0 Å². The van der Waals surface area contributed by atoms with Gasteiger partial charge in [-0.2, -0.15) is 0 Å². The first-order valence-electron chi connectivity index (χ1n) is 10.5. The van der Waals surface area contributed by atoms with Crippen molar-refractivity contribution < 1.29 is 14.4 Å². The summed E-state index contributed by atoms with van der Waals surface area (Å²) >= 11 is 0. The van der Waals surface area contributed by atoms with E-state index in [0.717, 1.165) is 49.8 Å². The molecule has 3 aromatic rings. The van der Waals surface area contributed by atoms with E-state index in [1.807, 2.05) is 48.5 Å². The number of phenolic OH excluding ortho intramolecular Hbond substituents is 1. The number of hydrogen-bond acceptors (Lipinski definition) is 6. The fourth-order valence-corrected chi connectivity index (χ4v) is 4.12. The van der Waals surface area contributed by atoms with Crippen molar-refractivity contribution in [1.82, 2.24) is 15.4 Å². The van der Waals surface area contributed by atoms with E-state index in [1.165, 1.54) is 0 Å². The van der Waals surface area contributed by atoms with Crippen LogP contribution in [0.15, 0.2) is 53.1 Å². The number of piperazine rings is 1. The van der Waals surface area contributed by atoms with Gasteiger partial charge in [0.05, 0.1) is 5.56 Å². The number of rotatable bonds is 4. The highest BCUT2D eigenvalue weighted by Crippen LogP contribution is 2.39. The lowest BCUT2D eigenvalue weighted by atomic mass is 10.00. The van der Waals surface area contributed by atoms with Crippen molar-refractivity contribution in [3.8, 4) is 28.2 Å². The van der Waals surface area contributed by atoms with Crippen LogP contribution in [0.3, 0.4) is 0 Å². The summed E-state index contributed by atoms with van der Waals surface area (Å²) in [7, 11) is 1.80. The second-order valence-electron chi connectivity index (χ2n) is 7.89. The van der Waals surface area contributed by atoms with Gasteiger partial charge >= 0.3 is 6.03 Å². The Labute approximate surface area is 180 Å². The summed E-state index contributed by atoms with van der Waals surface area (Å²) in [5, 5.41) is 18.5. The van der Waals surface area contributed by atoms with Crippen molar-refractivity contribution in [1.29, 1.82) is 0 Å². The van der Waals surface area contributed by atoms with E-state index in [1.54, 1.807) is 16.8 Å². The van der Waals surface area contributed by atoms with Crippen LogP contribution in [0.1, 0.15) is 0 Å². The van der Waals surface area contributed by atoms with Crippen LogP contribution >= 0.6 is 0 Å². The van der Waals surface area contributed by atoms with Gasteiger partial charge in [0.15, 0.2) is 11.6 Å². The van der Waals surface area contributed by atoms with Gasteiger partial charge < -0.3 is 24.7 Å². The van der Waals surface area contributed by atoms with Crippen molar-refractivity contribution in [3.05, 3.63) is 48.5 Å². The average Bonchev–Trinajstić information content (AvgIpc) is 3.42. The summed E-state index contributed by atoms with van der Waals surface area (Å²) in [6, 6.07) is 15.1. The van der Waals surface area contributed by atoms with Crippen LogP contribution < -0.4 is 15.1 Å². The summed E-state index contributed by atoms with van der Waals surface area (Å²) < 4.78 is 5.56. The molecule has 0 unspecified atom stereocenters. The van der Waals surface area contributed by atoms with E-state index in [2.05, 4.69) is 15.4 Å². The Balaban J connectivity index is 1.41. The number of nitrogens with zero attached hydrogens (tertiary/aromatic N) is 4. The number of carbonyl (C=O) groups is 1. The Bertz CT molecular complexity index is 1090. The third-order valence-electron chi connectivity index (χ3n) is 5.95. The number of amides is 2. The van der Waals surface area contributed by atoms with Crippen LogP contribution in [-0.4, -0.2) is 67.5 Å². The SMILES string of the molecule is CN1CCN(c2ccc(-c3cccc(-c4cc(N5CCNCC5)no4)c3O)cc2)C1=O. The van der Waals surface area contributed by atoms with Gasteiger partial charge in [-0.1, -0.05) is 29.4 Å². The first kappa shape index (κ1) is 19.4. The van der Waals surface area contributed by atoms with E-state index in [9.17, 15) is 9.90 Å². The van der Waals surface area contributed by atoms with E-state index in [4.69, 9.17) is 4.52 Å². The van der Waals surface area contributed by atoms with E-state index >= 15 is 0 Å². The molecule has 2 saturated heterocycles. The van der Waals surface area contributed by atoms with Crippen molar-refractivity contribution in [3.63, 3.8) is 0 Å². The lowest BCUT2D eigenvalue weighted by Crippen LogP contribution is -2.43. The molecule has 0 spiro atoms. The van der Waals surface area contributed by atoms with Gasteiger partial charge in [0, 0.05) is 63.6 Å². The number of para-hydroxylation sites is 1. The Morgan fingerprint density at radius 3 is 2.45 bits per heavy atom. The van der Waals surface area contributed by atoms with Crippen LogP contribution in [-0.2, 0) is 0 Å². The maximum atomic E-state index is 12.2. The molecule has 5 rings (SSSR count). The number of hydrogen-bond donors (Lipinski definition) is 2. The molecular formula is C23H25N5O3. The number of likely N-dealkylation sites (N-methyl/N-ethyl adjacent to an activating group) is 1. The fraction of sp³-hybridized carbons (Fsp3) is 0.304. The molecule has 2 aliphatic rings. The lowest BCUT2D eigenvalue weighted by molar-refractivity contribution is 0.229. The molecule has 2 aliphatic heterocycles. The molecule has 2 amide bonds. The zero-order valence-corrected chi connectivity index (χ0v) is 17.4. The van der Waals surface area contributed by atoms with E-state index in [0.29, 0.717) is 23.4 Å². The van der Waals surface area contributed by atoms with Crippen LogP contribution in [0, 0.1) is 0 Å². The maximum absolute atomic E-state index is 12.2. The Morgan fingerprint density at radius 2 is 1.74 bits per heavy atom. The summed E-state index contributed by atoms with van der Waals surface area (Å²) in [6.45, 7) is 4.97. The molecule has 2 fully saturated rings. The predicted octanol–water partition coefficient (Wildman–Crippen LogP) is 3.00. The number of nitrogens with one attached hydrogen (secondary N) is 1. The minimum Gasteiger partial charge on any atom is -0.507 e. The summed E-state index contributed by atoms with van der Waals surface area (Å²) in [4.78, 5) is 17.8. The average molecular weight is 419 g/mol. The van der Waals surface area contributed by atoms with E-state index in [-0.39, 0.29) is 11.8 Å². The first-order chi connectivity index (χ1) is 15.1. The Kier molecular flexibility index (Phi) is 4.99. The van der Waals surface area contributed by atoms with Gasteiger partial charge in [0.2, 0.25) is 0 Å². The molecule has 1 aromatic heterocycles. The van der Waals surface area contributed by atoms with Crippen LogP contribution in [0.2, 0.25) is 0 Å². The minimum atomic E-state index is 0.00297. The van der Waals surface area contributed by atoms with Crippen LogP contribution in [0.25, 0.3) is 22.5 Å². The molecule has 0 aliphatic carbocycles. The highest BCUT2D eigenvalue weighted by Gasteiger charge is 2.26. The van der Waals surface area contributed by atoms with Gasteiger partial charge in [-0.15, -0.1) is 0 Å². The number of aromatic hydroxyl groups is 1. The number of carbonyl (C=O) groups excluding carboxylic acids is 1. The molecule has 0 saturated carbocycles. The highest BCUT2D eigenvalue weighted by molar-refractivity contribution is 5.94. The largest absolute Gasteiger partial charge is 0.507 e. The number of urea groups is 1. The zero-order chi connectivity index (χ0) is 21.4. The Morgan fingerprint density at radius 1 is 1.00 bits per heavy atom. The van der Waals surface area contributed by atoms with Crippen molar-refractivity contribution >= 4 is 17.5 Å². The number of anilines is 2. The third-order valence-corrected chi connectivity index (χ3v) is 5.95. The molecular weight excluding hydrogens is 394 g/mol. The second kappa shape index (κ2) is 7.96. The zero-order valence-electron chi connectivity index (χ0n) is 17.4. The normalized spacial score (nSPS) is 16.9. The summed E-state index contributed by atoms with van der Waals surface area (Å²) in [5.74, 6) is 1.47. The number of benzene rings is 2. The van der Waals surface area contributed by atoms with Gasteiger partial charge in [-0.25, -0.2) is 4.79 Å². The summed E-state index contributed by atoms with van der Waals surface area (Å²) in [5.41, 5.74) is 3.02. The van der Waals surface area contributed by atoms with Crippen molar-refractivity contribution in [2.45, 2.75) is 0 Å². The fourth-order valence-electron chi connectivity index (χ4n) is 4.12. The minimum absolute atomic E-state index is 0.00297. The smallest absolute Gasteiger partial charge is 0.324 e. The van der Waals surface area contributed by atoms with Gasteiger partial charge in [-0.05, 0) is 23.8 Å². The molecule has 160 valence electrons. The topological polar surface area (TPSA) is 85.1 Å². The summed E-state index contributed by atoms with van der Waals surface area (Å²) in [6.07, 6.45) is 0. The number of aromatic nitrogens is 1. The van der Waals surface area contributed by atoms with Crippen molar-refractivity contribution in [2.75, 3.05) is 56.1 Å². The maximum Gasteiger partial charge on any atom is 0.324 e. The highest BCUT2D eigenvalue weighted by atomic mass is 16.5. The number of phenols is 1. The van der Waals surface area contributed by atoms with Crippen molar-refractivity contribution in [2.24, 2.45) is 0 Å². The molecule has 0 atom stereocenters. The van der Waals surface area contributed by atoms with Crippen LogP contribution in [0.5, 0.6) is 5.75 Å². The van der Waals surface area contributed by atoms with Gasteiger partial charge in [-0.3, -0.25) is 4.90 Å². The second-order valence-corrected chi connectivity index (χ2v) is 7.89. The molecule has 8 heteroatoms. The Hall–Kier alpha value is -3.52. The molecule has 0 radical (unpaired) electrons. The quantitative estimate of drug-likeness (QED) is 0.676.